The van der Waals surface area contributed by atoms with Crippen LogP contribution in [0.25, 0.3) is 0 Å². The van der Waals surface area contributed by atoms with Crippen molar-refractivity contribution in [1.82, 2.24) is 4.98 Å². The smallest absolute Gasteiger partial charge is 0.205 e. The highest BCUT2D eigenvalue weighted by Gasteiger charge is 2.05. The Balaban J connectivity index is 2.01. The summed E-state index contributed by atoms with van der Waals surface area (Å²) in [6.07, 6.45) is 2.86. The van der Waals surface area contributed by atoms with Crippen LogP contribution < -0.4 is 15.9 Å². The van der Waals surface area contributed by atoms with Gasteiger partial charge in [0.25, 0.3) is 0 Å². The molecule has 0 bridgehead atoms. The second-order valence-corrected chi connectivity index (χ2v) is 6.81. The lowest BCUT2D eigenvalue weighted by molar-refractivity contribution is 0.289. The Morgan fingerprint density at radius 2 is 2.04 bits per heavy atom. The van der Waals surface area contributed by atoms with Crippen LogP contribution in [0.4, 0.5) is 10.9 Å². The lowest BCUT2D eigenvalue weighted by atomic mass is 10.0. The number of aromatic nitrogens is 1. The van der Waals surface area contributed by atoms with Gasteiger partial charge in [0, 0.05) is 10.9 Å². The van der Waals surface area contributed by atoms with Gasteiger partial charge in [-0.15, -0.1) is 11.3 Å². The standard InChI is InChI=1S/C17H24N4OS/c1-11(2)5-6-22-14-7-12(3)15(13(4)8-14)9-19-21-17-20-16(18)10-23-17/h7-11H,5-6,18H2,1-4H3,(H,20,21). The van der Waals surface area contributed by atoms with Gasteiger partial charge in [0.15, 0.2) is 0 Å². The minimum Gasteiger partial charge on any atom is -0.494 e. The Kier molecular flexibility index (Phi) is 5.98. The summed E-state index contributed by atoms with van der Waals surface area (Å²) in [7, 11) is 0. The van der Waals surface area contributed by atoms with Gasteiger partial charge in [-0.3, -0.25) is 5.43 Å². The third-order valence-electron chi connectivity index (χ3n) is 3.41. The van der Waals surface area contributed by atoms with Crippen molar-refractivity contribution < 1.29 is 4.74 Å². The molecule has 124 valence electrons. The average Bonchev–Trinajstić information content (AvgIpc) is 2.87. The van der Waals surface area contributed by atoms with Gasteiger partial charge in [0.1, 0.15) is 11.6 Å². The molecule has 6 heteroatoms. The molecule has 1 aromatic carbocycles. The maximum atomic E-state index is 5.83. The number of nitrogens with zero attached hydrogens (tertiary/aromatic N) is 2. The Hall–Kier alpha value is -2.08. The van der Waals surface area contributed by atoms with Crippen molar-refractivity contribution in [2.75, 3.05) is 17.8 Å². The number of anilines is 2. The van der Waals surface area contributed by atoms with Crippen LogP contribution in [-0.4, -0.2) is 17.8 Å². The predicted molar refractivity (Wildman–Crippen MR) is 98.6 cm³/mol. The molecule has 1 aromatic heterocycles. The summed E-state index contributed by atoms with van der Waals surface area (Å²) in [5, 5.41) is 6.70. The first kappa shape index (κ1) is 17.3. The maximum absolute atomic E-state index is 5.83. The number of nitrogens with one attached hydrogen (secondary N) is 1. The van der Waals surface area contributed by atoms with E-state index in [4.69, 9.17) is 10.5 Å². The molecule has 0 spiro atoms. The highest BCUT2D eigenvalue weighted by molar-refractivity contribution is 7.14. The monoisotopic (exact) mass is 332 g/mol. The molecule has 2 rings (SSSR count). The van der Waals surface area contributed by atoms with Gasteiger partial charge in [0.05, 0.1) is 12.8 Å². The molecular formula is C17H24N4OS. The van der Waals surface area contributed by atoms with E-state index in [9.17, 15) is 0 Å². The Morgan fingerprint density at radius 3 is 2.61 bits per heavy atom. The van der Waals surface area contributed by atoms with Gasteiger partial charge >= 0.3 is 0 Å². The first-order chi connectivity index (χ1) is 11.0. The fraction of sp³-hybridized carbons (Fsp3) is 0.412. The largest absolute Gasteiger partial charge is 0.494 e. The van der Waals surface area contributed by atoms with Crippen LogP contribution in [0.1, 0.15) is 37.0 Å². The zero-order valence-corrected chi connectivity index (χ0v) is 14.9. The van der Waals surface area contributed by atoms with E-state index in [1.165, 1.54) is 11.3 Å². The second-order valence-electron chi connectivity index (χ2n) is 5.95. The van der Waals surface area contributed by atoms with Gasteiger partial charge in [0.2, 0.25) is 5.13 Å². The van der Waals surface area contributed by atoms with Crippen molar-refractivity contribution in [2.45, 2.75) is 34.1 Å². The number of hydrogen-bond donors (Lipinski definition) is 2. The Bertz CT molecular complexity index is 656. The number of thiazole rings is 1. The third-order valence-corrected chi connectivity index (χ3v) is 4.17. The van der Waals surface area contributed by atoms with Crippen LogP contribution >= 0.6 is 11.3 Å². The van der Waals surface area contributed by atoms with Crippen molar-refractivity contribution in [3.8, 4) is 5.75 Å². The van der Waals surface area contributed by atoms with E-state index in [1.807, 2.05) is 0 Å². The van der Waals surface area contributed by atoms with E-state index >= 15 is 0 Å². The van der Waals surface area contributed by atoms with E-state index in [0.717, 1.165) is 35.5 Å². The number of nitrogen functional groups attached to an aromatic ring is 1. The van der Waals surface area contributed by atoms with Crippen LogP contribution in [0.15, 0.2) is 22.6 Å². The molecular weight excluding hydrogens is 308 g/mol. The molecule has 0 atom stereocenters. The van der Waals surface area contributed by atoms with Crippen molar-refractivity contribution in [3.05, 3.63) is 34.2 Å². The van der Waals surface area contributed by atoms with Crippen LogP contribution in [0.5, 0.6) is 5.75 Å². The second kappa shape index (κ2) is 7.97. The summed E-state index contributed by atoms with van der Waals surface area (Å²) in [6, 6.07) is 4.10. The number of rotatable bonds is 7. The van der Waals surface area contributed by atoms with Crippen molar-refractivity contribution in [2.24, 2.45) is 11.0 Å². The van der Waals surface area contributed by atoms with Crippen molar-refractivity contribution >= 4 is 28.5 Å². The number of benzene rings is 1. The van der Waals surface area contributed by atoms with Crippen LogP contribution in [0, 0.1) is 19.8 Å². The summed E-state index contributed by atoms with van der Waals surface area (Å²) < 4.78 is 5.83. The predicted octanol–water partition coefficient (Wildman–Crippen LogP) is 4.21. The lowest BCUT2D eigenvalue weighted by Gasteiger charge is -2.12. The van der Waals surface area contributed by atoms with E-state index in [1.54, 1.807) is 11.6 Å². The molecule has 0 aliphatic carbocycles. The topological polar surface area (TPSA) is 72.5 Å². The van der Waals surface area contributed by atoms with E-state index in [-0.39, 0.29) is 0 Å². The summed E-state index contributed by atoms with van der Waals surface area (Å²) in [6.45, 7) is 9.26. The Labute approximate surface area is 141 Å². The van der Waals surface area contributed by atoms with Crippen LogP contribution in [-0.2, 0) is 0 Å². The summed E-state index contributed by atoms with van der Waals surface area (Å²) >= 11 is 1.43. The molecule has 3 N–H and O–H groups in total. The van der Waals surface area contributed by atoms with Gasteiger partial charge in [-0.1, -0.05) is 13.8 Å². The molecule has 1 heterocycles. The SMILES string of the molecule is Cc1cc(OCCC(C)C)cc(C)c1C=NNc1nc(N)cs1. The summed E-state index contributed by atoms with van der Waals surface area (Å²) in [5.41, 5.74) is 11.8. The fourth-order valence-electron chi connectivity index (χ4n) is 2.12. The molecule has 5 nitrogen and oxygen atoms in total. The molecule has 23 heavy (non-hydrogen) atoms. The molecule has 0 amide bonds. The van der Waals surface area contributed by atoms with E-state index < -0.39 is 0 Å². The normalized spacial score (nSPS) is 11.3. The number of ether oxygens (including phenoxy) is 1. The van der Waals surface area contributed by atoms with E-state index in [0.29, 0.717) is 16.9 Å². The molecule has 0 saturated carbocycles. The van der Waals surface area contributed by atoms with Crippen molar-refractivity contribution in [1.29, 1.82) is 0 Å². The number of aryl methyl sites for hydroxylation is 2. The highest BCUT2D eigenvalue weighted by atomic mass is 32.1. The molecule has 0 unspecified atom stereocenters. The zero-order valence-electron chi connectivity index (χ0n) is 14.1. The molecule has 2 aromatic rings. The summed E-state index contributed by atoms with van der Waals surface area (Å²) in [5.74, 6) is 2.07. The molecule has 0 saturated heterocycles. The minimum absolute atomic E-state index is 0.503. The van der Waals surface area contributed by atoms with Crippen LogP contribution in [0.3, 0.4) is 0 Å². The third kappa shape index (κ3) is 5.25. The first-order valence-corrected chi connectivity index (χ1v) is 8.57. The number of hydrazone groups is 1. The fourth-order valence-corrected chi connectivity index (χ4v) is 2.67. The average molecular weight is 332 g/mol. The van der Waals surface area contributed by atoms with Gasteiger partial charge < -0.3 is 10.5 Å². The number of hydrogen-bond acceptors (Lipinski definition) is 6. The van der Waals surface area contributed by atoms with Gasteiger partial charge in [-0.05, 0) is 49.4 Å². The molecule has 0 fully saturated rings. The molecule has 0 aliphatic heterocycles. The maximum Gasteiger partial charge on any atom is 0.205 e. The molecule has 0 aliphatic rings. The highest BCUT2D eigenvalue weighted by Crippen LogP contribution is 2.21. The van der Waals surface area contributed by atoms with Gasteiger partial charge in [-0.25, -0.2) is 4.98 Å². The molecule has 0 radical (unpaired) electrons. The van der Waals surface area contributed by atoms with Crippen LogP contribution in [0.2, 0.25) is 0 Å². The lowest BCUT2D eigenvalue weighted by Crippen LogP contribution is -2.03. The van der Waals surface area contributed by atoms with Crippen molar-refractivity contribution in [3.63, 3.8) is 0 Å². The van der Waals surface area contributed by atoms with Gasteiger partial charge in [-0.2, -0.15) is 5.10 Å². The summed E-state index contributed by atoms with van der Waals surface area (Å²) in [4.78, 5) is 4.10. The quantitative estimate of drug-likeness (QED) is 0.588. The zero-order chi connectivity index (χ0) is 16.8. The number of nitrogens with two attached hydrogens (primary N) is 1. The first-order valence-electron chi connectivity index (χ1n) is 7.70. The minimum atomic E-state index is 0.503. The van der Waals surface area contributed by atoms with E-state index in [2.05, 4.69) is 55.3 Å². The Morgan fingerprint density at radius 1 is 1.35 bits per heavy atom.